The molecular formula is C16H22N4. The summed E-state index contributed by atoms with van der Waals surface area (Å²) in [7, 11) is 1.89. The van der Waals surface area contributed by atoms with Crippen LogP contribution in [-0.4, -0.2) is 17.0 Å². The number of nitrogens with zero attached hydrogens (tertiary/aromatic N) is 2. The van der Waals surface area contributed by atoms with E-state index >= 15 is 0 Å². The maximum absolute atomic E-state index is 4.38. The second kappa shape index (κ2) is 6.89. The predicted octanol–water partition coefficient (Wildman–Crippen LogP) is 3.39. The maximum atomic E-state index is 4.38. The highest BCUT2D eigenvalue weighted by molar-refractivity contribution is 5.57. The van der Waals surface area contributed by atoms with E-state index in [1.165, 1.54) is 11.1 Å². The molecule has 4 nitrogen and oxygen atoms in total. The molecule has 0 saturated heterocycles. The molecule has 4 heteroatoms. The van der Waals surface area contributed by atoms with Crippen molar-refractivity contribution in [3.05, 3.63) is 47.3 Å². The molecule has 0 aliphatic carbocycles. The highest BCUT2D eigenvalue weighted by Gasteiger charge is 2.09. The first-order chi connectivity index (χ1) is 9.74. The first-order valence-electron chi connectivity index (χ1n) is 7.05. The molecule has 0 spiro atoms. The molecule has 0 aliphatic heterocycles. The SMILES string of the molecule is CCCc1c(NC)ncnc1NCc1ccc(C)cc1. The molecule has 0 saturated carbocycles. The zero-order valence-electron chi connectivity index (χ0n) is 12.4. The van der Waals surface area contributed by atoms with Gasteiger partial charge in [-0.05, 0) is 18.9 Å². The van der Waals surface area contributed by atoms with Gasteiger partial charge in [0.2, 0.25) is 0 Å². The Hall–Kier alpha value is -2.10. The smallest absolute Gasteiger partial charge is 0.134 e. The lowest BCUT2D eigenvalue weighted by Crippen LogP contribution is -2.08. The Balaban J connectivity index is 2.14. The fraction of sp³-hybridized carbons (Fsp3) is 0.375. The second-order valence-corrected chi connectivity index (χ2v) is 4.89. The molecule has 1 aromatic carbocycles. The Morgan fingerprint density at radius 2 is 1.75 bits per heavy atom. The van der Waals surface area contributed by atoms with Gasteiger partial charge in [-0.3, -0.25) is 0 Å². The van der Waals surface area contributed by atoms with Gasteiger partial charge in [-0.1, -0.05) is 43.2 Å². The van der Waals surface area contributed by atoms with Crippen molar-refractivity contribution in [3.8, 4) is 0 Å². The highest BCUT2D eigenvalue weighted by Crippen LogP contribution is 2.21. The van der Waals surface area contributed by atoms with Gasteiger partial charge in [0.1, 0.15) is 18.0 Å². The minimum absolute atomic E-state index is 0.775. The molecule has 2 N–H and O–H groups in total. The molecule has 0 fully saturated rings. The summed E-state index contributed by atoms with van der Waals surface area (Å²) in [5, 5.41) is 6.55. The van der Waals surface area contributed by atoms with Crippen LogP contribution < -0.4 is 10.6 Å². The lowest BCUT2D eigenvalue weighted by Gasteiger charge is -2.13. The van der Waals surface area contributed by atoms with E-state index in [-0.39, 0.29) is 0 Å². The van der Waals surface area contributed by atoms with Crippen molar-refractivity contribution in [1.82, 2.24) is 9.97 Å². The van der Waals surface area contributed by atoms with Gasteiger partial charge in [0.05, 0.1) is 0 Å². The van der Waals surface area contributed by atoms with Crippen LogP contribution in [0.15, 0.2) is 30.6 Å². The minimum Gasteiger partial charge on any atom is -0.373 e. The van der Waals surface area contributed by atoms with Crippen molar-refractivity contribution >= 4 is 11.6 Å². The molecule has 0 aliphatic rings. The summed E-state index contributed by atoms with van der Waals surface area (Å²) in [6.45, 7) is 5.04. The normalized spacial score (nSPS) is 10.3. The van der Waals surface area contributed by atoms with Crippen LogP contribution in [-0.2, 0) is 13.0 Å². The van der Waals surface area contributed by atoms with Gasteiger partial charge in [-0.15, -0.1) is 0 Å². The average Bonchev–Trinajstić information content (AvgIpc) is 2.48. The summed E-state index contributed by atoms with van der Waals surface area (Å²) >= 11 is 0. The molecule has 0 bridgehead atoms. The fourth-order valence-electron chi connectivity index (χ4n) is 2.16. The van der Waals surface area contributed by atoms with Crippen molar-refractivity contribution in [2.45, 2.75) is 33.2 Å². The molecule has 1 aromatic heterocycles. The molecular weight excluding hydrogens is 248 g/mol. The van der Waals surface area contributed by atoms with E-state index in [0.29, 0.717) is 0 Å². The van der Waals surface area contributed by atoms with Crippen molar-refractivity contribution in [3.63, 3.8) is 0 Å². The van der Waals surface area contributed by atoms with Gasteiger partial charge in [-0.2, -0.15) is 0 Å². The number of benzene rings is 1. The van der Waals surface area contributed by atoms with Crippen LogP contribution in [0.1, 0.15) is 30.0 Å². The Morgan fingerprint density at radius 1 is 1.05 bits per heavy atom. The fourth-order valence-corrected chi connectivity index (χ4v) is 2.16. The molecule has 0 atom stereocenters. The lowest BCUT2D eigenvalue weighted by molar-refractivity contribution is 0.899. The van der Waals surface area contributed by atoms with Gasteiger partial charge in [0.15, 0.2) is 0 Å². The van der Waals surface area contributed by atoms with E-state index < -0.39 is 0 Å². The zero-order valence-corrected chi connectivity index (χ0v) is 12.4. The van der Waals surface area contributed by atoms with E-state index in [4.69, 9.17) is 0 Å². The second-order valence-electron chi connectivity index (χ2n) is 4.89. The number of rotatable bonds is 6. The van der Waals surface area contributed by atoms with E-state index in [1.54, 1.807) is 6.33 Å². The summed E-state index contributed by atoms with van der Waals surface area (Å²) < 4.78 is 0. The van der Waals surface area contributed by atoms with Crippen molar-refractivity contribution in [1.29, 1.82) is 0 Å². The number of hydrogen-bond donors (Lipinski definition) is 2. The Bertz CT molecular complexity index is 549. The Morgan fingerprint density at radius 3 is 2.40 bits per heavy atom. The summed E-state index contributed by atoms with van der Waals surface area (Å²) in [6.07, 6.45) is 3.64. The molecule has 2 rings (SSSR count). The van der Waals surface area contributed by atoms with Crippen LogP contribution in [0.4, 0.5) is 11.6 Å². The first kappa shape index (κ1) is 14.3. The number of hydrogen-bond acceptors (Lipinski definition) is 4. The van der Waals surface area contributed by atoms with E-state index in [0.717, 1.165) is 36.6 Å². The van der Waals surface area contributed by atoms with E-state index in [1.807, 2.05) is 7.05 Å². The standard InChI is InChI=1S/C16H22N4/c1-4-5-14-15(17-3)19-11-20-16(14)18-10-13-8-6-12(2)7-9-13/h6-9,11H,4-5,10H2,1-3H3,(H2,17,18,19,20). The van der Waals surface area contributed by atoms with Gasteiger partial charge in [0.25, 0.3) is 0 Å². The van der Waals surface area contributed by atoms with Gasteiger partial charge in [0, 0.05) is 19.2 Å². The third-order valence-corrected chi connectivity index (χ3v) is 3.26. The third kappa shape index (κ3) is 3.47. The summed E-state index contributed by atoms with van der Waals surface area (Å²) in [5.74, 6) is 1.83. The van der Waals surface area contributed by atoms with Crippen LogP contribution in [0.2, 0.25) is 0 Å². The third-order valence-electron chi connectivity index (χ3n) is 3.26. The lowest BCUT2D eigenvalue weighted by atomic mass is 10.1. The summed E-state index contributed by atoms with van der Waals surface area (Å²) in [4.78, 5) is 8.66. The van der Waals surface area contributed by atoms with Crippen LogP contribution in [0, 0.1) is 6.92 Å². The van der Waals surface area contributed by atoms with Crippen LogP contribution >= 0.6 is 0 Å². The van der Waals surface area contributed by atoms with Crippen molar-refractivity contribution in [2.75, 3.05) is 17.7 Å². The van der Waals surface area contributed by atoms with E-state index in [9.17, 15) is 0 Å². The largest absolute Gasteiger partial charge is 0.373 e. The minimum atomic E-state index is 0.775. The van der Waals surface area contributed by atoms with Gasteiger partial charge >= 0.3 is 0 Å². The number of anilines is 2. The molecule has 20 heavy (non-hydrogen) atoms. The predicted molar refractivity (Wildman–Crippen MR) is 84.1 cm³/mol. The van der Waals surface area contributed by atoms with E-state index in [2.05, 4.69) is 58.7 Å². The summed E-state index contributed by atoms with van der Waals surface area (Å²) in [5.41, 5.74) is 3.69. The molecule has 0 unspecified atom stereocenters. The monoisotopic (exact) mass is 270 g/mol. The van der Waals surface area contributed by atoms with Crippen molar-refractivity contribution in [2.24, 2.45) is 0 Å². The molecule has 0 radical (unpaired) electrons. The number of aromatic nitrogens is 2. The zero-order chi connectivity index (χ0) is 14.4. The summed E-state index contributed by atoms with van der Waals surface area (Å²) in [6, 6.07) is 8.54. The molecule has 2 aromatic rings. The van der Waals surface area contributed by atoms with Gasteiger partial charge < -0.3 is 10.6 Å². The van der Waals surface area contributed by atoms with Crippen LogP contribution in [0.25, 0.3) is 0 Å². The molecule has 1 heterocycles. The topological polar surface area (TPSA) is 49.8 Å². The number of aryl methyl sites for hydroxylation is 1. The quantitative estimate of drug-likeness (QED) is 0.844. The molecule has 0 amide bonds. The highest BCUT2D eigenvalue weighted by atomic mass is 15.1. The Labute approximate surface area is 120 Å². The Kier molecular flexibility index (Phi) is 4.93. The average molecular weight is 270 g/mol. The van der Waals surface area contributed by atoms with Crippen molar-refractivity contribution < 1.29 is 0 Å². The van der Waals surface area contributed by atoms with Crippen LogP contribution in [0.3, 0.4) is 0 Å². The van der Waals surface area contributed by atoms with Crippen LogP contribution in [0.5, 0.6) is 0 Å². The van der Waals surface area contributed by atoms with Gasteiger partial charge in [-0.25, -0.2) is 9.97 Å². The maximum Gasteiger partial charge on any atom is 0.134 e. The molecule has 106 valence electrons. The number of nitrogens with one attached hydrogen (secondary N) is 2. The first-order valence-corrected chi connectivity index (χ1v) is 7.05.